The van der Waals surface area contributed by atoms with Crippen molar-refractivity contribution in [1.29, 1.82) is 0 Å². The minimum Gasteiger partial charge on any atom is -0.347 e. The Morgan fingerprint density at radius 1 is 0.667 bits per heavy atom. The highest BCUT2D eigenvalue weighted by atomic mass is 32.1. The second kappa shape index (κ2) is 10.8. The van der Waals surface area contributed by atoms with E-state index in [1.807, 2.05) is 91.0 Å². The first-order chi connectivity index (χ1) is 17.7. The van der Waals surface area contributed by atoms with E-state index in [-0.39, 0.29) is 17.5 Å². The fraction of sp³-hybridized carbons (Fsp3) is 0.0333. The van der Waals surface area contributed by atoms with E-state index < -0.39 is 0 Å². The molecule has 1 aromatic heterocycles. The Bertz CT molecular complexity index is 1480. The van der Waals surface area contributed by atoms with E-state index in [4.69, 9.17) is 0 Å². The lowest BCUT2D eigenvalue weighted by Gasteiger charge is -2.09. The topological polar surface area (TPSA) is 71.1 Å². The number of nitrogens with one attached hydrogen (secondary N) is 2. The van der Waals surface area contributed by atoms with Gasteiger partial charge in [-0.05, 0) is 33.9 Å². The van der Waals surface area contributed by atoms with Crippen molar-refractivity contribution in [3.63, 3.8) is 0 Å². The molecule has 5 rings (SSSR count). The Kier molecular flexibility index (Phi) is 6.96. The second-order valence-corrected chi connectivity index (χ2v) is 9.01. The van der Waals surface area contributed by atoms with Gasteiger partial charge in [-0.1, -0.05) is 103 Å². The Morgan fingerprint density at radius 2 is 1.28 bits per heavy atom. The van der Waals surface area contributed by atoms with Crippen molar-refractivity contribution < 1.29 is 9.59 Å². The predicted molar refractivity (Wildman–Crippen MR) is 145 cm³/mol. The van der Waals surface area contributed by atoms with Crippen LogP contribution in [0.15, 0.2) is 115 Å². The molecule has 4 aromatic carbocycles. The molecule has 0 aliphatic heterocycles. The number of thiazole rings is 1. The van der Waals surface area contributed by atoms with Crippen molar-refractivity contribution in [3.8, 4) is 22.3 Å². The maximum absolute atomic E-state index is 13.0. The van der Waals surface area contributed by atoms with Gasteiger partial charge in [-0.15, -0.1) is 11.3 Å². The van der Waals surface area contributed by atoms with Gasteiger partial charge in [0.1, 0.15) is 5.69 Å². The molecule has 0 radical (unpaired) electrons. The van der Waals surface area contributed by atoms with E-state index in [1.54, 1.807) is 11.4 Å². The minimum absolute atomic E-state index is 0.269. The summed E-state index contributed by atoms with van der Waals surface area (Å²) >= 11 is 1.22. The number of aromatic nitrogens is 1. The zero-order valence-electron chi connectivity index (χ0n) is 19.3. The zero-order valence-corrected chi connectivity index (χ0v) is 20.2. The third-order valence-corrected chi connectivity index (χ3v) is 6.49. The van der Waals surface area contributed by atoms with E-state index >= 15 is 0 Å². The van der Waals surface area contributed by atoms with Gasteiger partial charge < -0.3 is 5.32 Å². The van der Waals surface area contributed by atoms with Crippen molar-refractivity contribution in [3.05, 3.63) is 131 Å². The number of benzene rings is 4. The van der Waals surface area contributed by atoms with Crippen LogP contribution < -0.4 is 10.6 Å². The molecule has 0 spiro atoms. The first-order valence-electron chi connectivity index (χ1n) is 11.5. The number of hydrogen-bond acceptors (Lipinski definition) is 4. The molecule has 0 unspecified atom stereocenters. The van der Waals surface area contributed by atoms with Crippen LogP contribution in [0.5, 0.6) is 0 Å². The first-order valence-corrected chi connectivity index (χ1v) is 12.4. The van der Waals surface area contributed by atoms with Crippen LogP contribution in [0.3, 0.4) is 0 Å². The van der Waals surface area contributed by atoms with Gasteiger partial charge in [0.25, 0.3) is 11.8 Å². The van der Waals surface area contributed by atoms with E-state index in [0.29, 0.717) is 17.2 Å². The van der Waals surface area contributed by atoms with Crippen molar-refractivity contribution in [2.45, 2.75) is 6.54 Å². The van der Waals surface area contributed by atoms with Gasteiger partial charge in [-0.25, -0.2) is 4.98 Å². The monoisotopic (exact) mass is 489 g/mol. The van der Waals surface area contributed by atoms with Crippen LogP contribution in [0.1, 0.15) is 26.4 Å². The van der Waals surface area contributed by atoms with Gasteiger partial charge in [0.2, 0.25) is 0 Å². The lowest BCUT2D eigenvalue weighted by atomic mass is 9.99. The number of nitrogens with zero attached hydrogens (tertiary/aromatic N) is 1. The summed E-state index contributed by atoms with van der Waals surface area (Å²) < 4.78 is 0. The molecule has 0 fully saturated rings. The number of carbonyl (C=O) groups is 2. The summed E-state index contributed by atoms with van der Waals surface area (Å²) in [4.78, 5) is 29.9. The maximum atomic E-state index is 13.0. The third kappa shape index (κ3) is 5.40. The molecule has 2 N–H and O–H groups in total. The van der Waals surface area contributed by atoms with Crippen LogP contribution in [0, 0.1) is 0 Å². The maximum Gasteiger partial charge on any atom is 0.271 e. The van der Waals surface area contributed by atoms with Gasteiger partial charge in [0.15, 0.2) is 5.13 Å². The minimum atomic E-state index is -0.288. The van der Waals surface area contributed by atoms with Crippen LogP contribution in [0.25, 0.3) is 22.3 Å². The van der Waals surface area contributed by atoms with Gasteiger partial charge in [-0.2, -0.15) is 0 Å². The molecular formula is C30H23N3O2S. The molecule has 176 valence electrons. The number of hydrogen-bond donors (Lipinski definition) is 2. The third-order valence-electron chi connectivity index (χ3n) is 5.73. The Morgan fingerprint density at radius 3 is 2.00 bits per heavy atom. The van der Waals surface area contributed by atoms with Gasteiger partial charge in [-0.3, -0.25) is 14.9 Å². The fourth-order valence-corrected chi connectivity index (χ4v) is 4.55. The molecule has 0 aliphatic carbocycles. The van der Waals surface area contributed by atoms with E-state index in [2.05, 4.69) is 27.8 Å². The normalized spacial score (nSPS) is 10.6. The zero-order chi connectivity index (χ0) is 24.7. The molecule has 0 saturated heterocycles. The van der Waals surface area contributed by atoms with E-state index in [9.17, 15) is 9.59 Å². The van der Waals surface area contributed by atoms with Gasteiger partial charge in [0, 0.05) is 17.5 Å². The van der Waals surface area contributed by atoms with Crippen molar-refractivity contribution in [2.24, 2.45) is 0 Å². The molecule has 0 saturated carbocycles. The SMILES string of the molecule is O=C(NCc1ccc(-c2ccccc2)cc1)c1csc(NC(=O)c2ccccc2-c2ccccc2)n1. The Balaban J connectivity index is 1.21. The van der Waals surface area contributed by atoms with Crippen LogP contribution in [-0.4, -0.2) is 16.8 Å². The molecule has 0 bridgehead atoms. The highest BCUT2D eigenvalue weighted by Crippen LogP contribution is 2.25. The van der Waals surface area contributed by atoms with Crippen molar-refractivity contribution in [1.82, 2.24) is 10.3 Å². The summed E-state index contributed by atoms with van der Waals surface area (Å²) in [5.41, 5.74) is 5.87. The van der Waals surface area contributed by atoms with Crippen LogP contribution in [0.2, 0.25) is 0 Å². The lowest BCUT2D eigenvalue weighted by molar-refractivity contribution is 0.0945. The summed E-state index contributed by atoms with van der Waals surface area (Å²) in [6.45, 7) is 0.386. The Hall–Kier alpha value is -4.55. The first kappa shape index (κ1) is 23.2. The summed E-state index contributed by atoms with van der Waals surface area (Å²) in [6.07, 6.45) is 0. The molecule has 6 heteroatoms. The van der Waals surface area contributed by atoms with Crippen LogP contribution in [-0.2, 0) is 6.54 Å². The smallest absolute Gasteiger partial charge is 0.271 e. The number of anilines is 1. The highest BCUT2D eigenvalue weighted by Gasteiger charge is 2.16. The van der Waals surface area contributed by atoms with E-state index in [0.717, 1.165) is 27.8 Å². The fourth-order valence-electron chi connectivity index (χ4n) is 3.87. The molecule has 5 aromatic rings. The molecule has 0 atom stereocenters. The van der Waals surface area contributed by atoms with Crippen molar-refractivity contribution >= 4 is 28.3 Å². The molecule has 2 amide bonds. The average Bonchev–Trinajstić information content (AvgIpc) is 3.41. The van der Waals surface area contributed by atoms with Crippen molar-refractivity contribution in [2.75, 3.05) is 5.32 Å². The van der Waals surface area contributed by atoms with Gasteiger partial charge in [0.05, 0.1) is 0 Å². The predicted octanol–water partition coefficient (Wildman–Crippen LogP) is 6.66. The number of rotatable bonds is 7. The average molecular weight is 490 g/mol. The number of amides is 2. The molecule has 0 aliphatic rings. The quantitative estimate of drug-likeness (QED) is 0.269. The second-order valence-electron chi connectivity index (χ2n) is 8.15. The Labute approximate surface area is 213 Å². The summed E-state index contributed by atoms with van der Waals surface area (Å²) in [5, 5.41) is 7.74. The molecular weight excluding hydrogens is 466 g/mol. The van der Waals surface area contributed by atoms with Crippen LogP contribution >= 0.6 is 11.3 Å². The standard InChI is InChI=1S/C30H23N3O2S/c34-28(26-14-8-7-13-25(26)24-11-5-2-6-12-24)33-30-32-27(20-36-30)29(35)31-19-21-15-17-23(18-16-21)22-9-3-1-4-10-22/h1-18,20H,19H2,(H,31,35)(H,32,33,34). The largest absolute Gasteiger partial charge is 0.347 e. The summed E-state index contributed by atoms with van der Waals surface area (Å²) in [5.74, 6) is -0.558. The lowest BCUT2D eigenvalue weighted by Crippen LogP contribution is -2.23. The highest BCUT2D eigenvalue weighted by molar-refractivity contribution is 7.14. The number of carbonyl (C=O) groups excluding carboxylic acids is 2. The summed E-state index contributed by atoms with van der Waals surface area (Å²) in [6, 6.07) is 35.4. The van der Waals surface area contributed by atoms with E-state index in [1.165, 1.54) is 11.3 Å². The van der Waals surface area contributed by atoms with Crippen LogP contribution in [0.4, 0.5) is 5.13 Å². The summed E-state index contributed by atoms with van der Waals surface area (Å²) in [7, 11) is 0. The molecule has 5 nitrogen and oxygen atoms in total. The van der Waals surface area contributed by atoms with Gasteiger partial charge >= 0.3 is 0 Å². The molecule has 36 heavy (non-hydrogen) atoms. The molecule has 1 heterocycles.